The number of aryl methyl sites for hydroxylation is 3. The van der Waals surface area contributed by atoms with Crippen molar-refractivity contribution in [2.24, 2.45) is 0 Å². The number of hydrogen-bond acceptors (Lipinski definition) is 4. The Bertz CT molecular complexity index is 966. The Balaban J connectivity index is 1.45. The standard InChI is InChI=1S/C26H35N3O3/c1-21-13-15-22(16-14-21)32-19-9-8-18-29-24-11-6-5-10-23(24)28-25(29)12-4-3-7-17-27-26(30)20-31-2/h5-6,10-11,13-16H,3-4,7-9,12,17-20H2,1-2H3,(H,27,30). The second-order valence-corrected chi connectivity index (χ2v) is 8.13. The van der Waals surface area contributed by atoms with Crippen LogP contribution in [0.5, 0.6) is 5.75 Å². The third-order valence-electron chi connectivity index (χ3n) is 5.47. The van der Waals surface area contributed by atoms with E-state index in [0.717, 1.165) is 68.8 Å². The zero-order valence-electron chi connectivity index (χ0n) is 19.3. The van der Waals surface area contributed by atoms with Gasteiger partial charge in [0.25, 0.3) is 0 Å². The van der Waals surface area contributed by atoms with E-state index in [4.69, 9.17) is 14.5 Å². The van der Waals surface area contributed by atoms with Gasteiger partial charge in [0.2, 0.25) is 5.91 Å². The number of nitrogens with zero attached hydrogens (tertiary/aromatic N) is 2. The first-order valence-electron chi connectivity index (χ1n) is 11.6. The fraction of sp³-hybridized carbons (Fsp3) is 0.462. The number of hydrogen-bond donors (Lipinski definition) is 1. The van der Waals surface area contributed by atoms with Gasteiger partial charge in [0.15, 0.2) is 0 Å². The van der Waals surface area contributed by atoms with Gasteiger partial charge in [0.1, 0.15) is 18.2 Å². The maximum atomic E-state index is 11.4. The van der Waals surface area contributed by atoms with Crippen LogP contribution < -0.4 is 10.1 Å². The fourth-order valence-corrected chi connectivity index (χ4v) is 3.76. The lowest BCUT2D eigenvalue weighted by molar-refractivity contribution is -0.124. The number of amides is 1. The molecule has 0 atom stereocenters. The molecule has 1 aromatic heterocycles. The molecule has 172 valence electrons. The summed E-state index contributed by atoms with van der Waals surface area (Å²) in [4.78, 5) is 16.3. The van der Waals surface area contributed by atoms with Gasteiger partial charge in [0.05, 0.1) is 17.6 Å². The number of unbranched alkanes of at least 4 members (excludes halogenated alkanes) is 3. The van der Waals surface area contributed by atoms with E-state index in [2.05, 4.69) is 47.1 Å². The summed E-state index contributed by atoms with van der Waals surface area (Å²) in [7, 11) is 1.53. The van der Waals surface area contributed by atoms with E-state index >= 15 is 0 Å². The molecule has 0 unspecified atom stereocenters. The van der Waals surface area contributed by atoms with Gasteiger partial charge < -0.3 is 19.4 Å². The topological polar surface area (TPSA) is 65.4 Å². The molecule has 3 aromatic rings. The second-order valence-electron chi connectivity index (χ2n) is 8.13. The van der Waals surface area contributed by atoms with Crippen molar-refractivity contribution in [1.29, 1.82) is 0 Å². The lowest BCUT2D eigenvalue weighted by Gasteiger charge is -2.10. The molecule has 1 N–H and O–H groups in total. The molecule has 3 rings (SSSR count). The van der Waals surface area contributed by atoms with Gasteiger partial charge >= 0.3 is 0 Å². The van der Waals surface area contributed by atoms with E-state index in [0.29, 0.717) is 6.54 Å². The number of methoxy groups -OCH3 is 1. The molecule has 0 fully saturated rings. The number of benzene rings is 2. The molecule has 0 spiro atoms. The van der Waals surface area contributed by atoms with E-state index in [1.54, 1.807) is 0 Å². The lowest BCUT2D eigenvalue weighted by Crippen LogP contribution is -2.27. The first kappa shape index (κ1) is 23.8. The summed E-state index contributed by atoms with van der Waals surface area (Å²) in [6.07, 6.45) is 6.07. The van der Waals surface area contributed by atoms with Crippen LogP contribution in [0.4, 0.5) is 0 Å². The quantitative estimate of drug-likeness (QED) is 0.372. The molecule has 0 saturated heterocycles. The van der Waals surface area contributed by atoms with Crippen molar-refractivity contribution in [3.8, 4) is 5.75 Å². The number of fused-ring (bicyclic) bond motifs is 1. The summed E-state index contributed by atoms with van der Waals surface area (Å²) < 4.78 is 13.1. The Morgan fingerprint density at radius 2 is 1.81 bits per heavy atom. The van der Waals surface area contributed by atoms with Crippen LogP contribution in [0.1, 0.15) is 43.5 Å². The third-order valence-corrected chi connectivity index (χ3v) is 5.47. The van der Waals surface area contributed by atoms with E-state index in [1.165, 1.54) is 18.2 Å². The molecule has 0 radical (unpaired) electrons. The molecule has 6 heteroatoms. The van der Waals surface area contributed by atoms with Crippen LogP contribution >= 0.6 is 0 Å². The van der Waals surface area contributed by atoms with E-state index in [9.17, 15) is 4.79 Å². The molecule has 0 aliphatic heterocycles. The maximum Gasteiger partial charge on any atom is 0.245 e. The smallest absolute Gasteiger partial charge is 0.245 e. The second kappa shape index (κ2) is 12.9. The molecule has 0 bridgehead atoms. The molecule has 2 aromatic carbocycles. The normalized spacial score (nSPS) is 11.1. The minimum absolute atomic E-state index is 0.0550. The van der Waals surface area contributed by atoms with Gasteiger partial charge in [0, 0.05) is 26.6 Å². The lowest BCUT2D eigenvalue weighted by atomic mass is 10.2. The number of para-hydroxylation sites is 2. The van der Waals surface area contributed by atoms with Crippen LogP contribution in [-0.2, 0) is 22.5 Å². The minimum Gasteiger partial charge on any atom is -0.494 e. The Morgan fingerprint density at radius 3 is 2.62 bits per heavy atom. The highest BCUT2D eigenvalue weighted by atomic mass is 16.5. The van der Waals surface area contributed by atoms with Crippen molar-refractivity contribution in [2.45, 2.75) is 52.0 Å². The van der Waals surface area contributed by atoms with E-state index < -0.39 is 0 Å². The average molecular weight is 438 g/mol. The van der Waals surface area contributed by atoms with Crippen LogP contribution in [0.15, 0.2) is 48.5 Å². The summed E-state index contributed by atoms with van der Waals surface area (Å²) in [5.41, 5.74) is 3.51. The summed E-state index contributed by atoms with van der Waals surface area (Å²) in [5.74, 6) is 2.03. The molecule has 0 saturated carbocycles. The van der Waals surface area contributed by atoms with Gasteiger partial charge in [-0.25, -0.2) is 4.98 Å². The highest BCUT2D eigenvalue weighted by Crippen LogP contribution is 2.19. The number of nitrogens with one attached hydrogen (secondary N) is 1. The Morgan fingerprint density at radius 1 is 1.00 bits per heavy atom. The van der Waals surface area contributed by atoms with Crippen LogP contribution in [0.25, 0.3) is 11.0 Å². The summed E-state index contributed by atoms with van der Waals surface area (Å²) >= 11 is 0. The average Bonchev–Trinajstić information content (AvgIpc) is 3.15. The predicted octanol–water partition coefficient (Wildman–Crippen LogP) is 4.68. The first-order valence-corrected chi connectivity index (χ1v) is 11.6. The predicted molar refractivity (Wildman–Crippen MR) is 128 cm³/mol. The van der Waals surface area contributed by atoms with E-state index in [-0.39, 0.29) is 12.5 Å². The molecule has 1 heterocycles. The summed E-state index contributed by atoms with van der Waals surface area (Å²) in [5, 5.41) is 2.87. The molecule has 6 nitrogen and oxygen atoms in total. The molecular weight excluding hydrogens is 402 g/mol. The SMILES string of the molecule is COCC(=O)NCCCCCc1nc2ccccc2n1CCCCOc1ccc(C)cc1. The summed E-state index contributed by atoms with van der Waals surface area (Å²) in [6, 6.07) is 16.6. The van der Waals surface area contributed by atoms with Crippen molar-refractivity contribution < 1.29 is 14.3 Å². The fourth-order valence-electron chi connectivity index (χ4n) is 3.76. The van der Waals surface area contributed by atoms with Gasteiger partial charge in [-0.3, -0.25) is 4.79 Å². The highest BCUT2D eigenvalue weighted by molar-refractivity contribution is 5.77. The minimum atomic E-state index is -0.0550. The van der Waals surface area contributed by atoms with Gasteiger partial charge in [-0.15, -0.1) is 0 Å². The Kier molecular flexibility index (Phi) is 9.57. The Hall–Kier alpha value is -2.86. The molecule has 1 amide bonds. The number of carbonyl (C=O) groups is 1. The molecule has 32 heavy (non-hydrogen) atoms. The largest absolute Gasteiger partial charge is 0.494 e. The van der Waals surface area contributed by atoms with Crippen LogP contribution in [0, 0.1) is 6.92 Å². The maximum absolute atomic E-state index is 11.4. The highest BCUT2D eigenvalue weighted by Gasteiger charge is 2.10. The number of carbonyl (C=O) groups excluding carboxylic acids is 1. The zero-order chi connectivity index (χ0) is 22.6. The first-order chi connectivity index (χ1) is 15.7. The van der Waals surface area contributed by atoms with Crippen molar-refractivity contribution in [1.82, 2.24) is 14.9 Å². The van der Waals surface area contributed by atoms with Gasteiger partial charge in [-0.05, 0) is 56.9 Å². The summed E-state index contributed by atoms with van der Waals surface area (Å²) in [6.45, 7) is 4.57. The van der Waals surface area contributed by atoms with Crippen LogP contribution in [-0.4, -0.2) is 42.3 Å². The zero-order valence-corrected chi connectivity index (χ0v) is 19.3. The number of rotatable bonds is 14. The monoisotopic (exact) mass is 437 g/mol. The van der Waals surface area contributed by atoms with Crippen LogP contribution in [0.2, 0.25) is 0 Å². The van der Waals surface area contributed by atoms with Crippen molar-refractivity contribution in [2.75, 3.05) is 26.9 Å². The molecule has 0 aliphatic carbocycles. The molecule has 0 aliphatic rings. The number of ether oxygens (including phenoxy) is 2. The third kappa shape index (κ3) is 7.38. The van der Waals surface area contributed by atoms with Gasteiger partial charge in [-0.1, -0.05) is 36.2 Å². The molecular formula is C26H35N3O3. The van der Waals surface area contributed by atoms with Crippen molar-refractivity contribution >= 4 is 16.9 Å². The van der Waals surface area contributed by atoms with Crippen molar-refractivity contribution in [3.63, 3.8) is 0 Å². The number of imidazole rings is 1. The van der Waals surface area contributed by atoms with Crippen molar-refractivity contribution in [3.05, 3.63) is 59.9 Å². The van der Waals surface area contributed by atoms with E-state index in [1.807, 2.05) is 18.2 Å². The van der Waals surface area contributed by atoms with Gasteiger partial charge in [-0.2, -0.15) is 0 Å². The Labute approximate surface area is 190 Å². The number of aromatic nitrogens is 2. The van der Waals surface area contributed by atoms with Crippen LogP contribution in [0.3, 0.4) is 0 Å².